The summed E-state index contributed by atoms with van der Waals surface area (Å²) in [7, 11) is 0. The number of furan rings is 1. The average Bonchev–Trinajstić information content (AvgIpc) is 3.34. The lowest BCUT2D eigenvalue weighted by Crippen LogP contribution is -2.38. The summed E-state index contributed by atoms with van der Waals surface area (Å²) in [5.41, 5.74) is 1.98. The van der Waals surface area contributed by atoms with Gasteiger partial charge in [-0.05, 0) is 49.6 Å². The Balaban J connectivity index is 1.56. The van der Waals surface area contributed by atoms with Crippen LogP contribution in [0.2, 0.25) is 0 Å². The first-order valence-electron chi connectivity index (χ1n) is 9.25. The molecule has 2 aromatic heterocycles. The number of oxazole rings is 1. The van der Waals surface area contributed by atoms with Crippen LogP contribution in [-0.4, -0.2) is 29.1 Å². The van der Waals surface area contributed by atoms with Crippen LogP contribution in [-0.2, 0) is 17.8 Å². The van der Waals surface area contributed by atoms with Crippen LogP contribution in [0.4, 0.5) is 4.39 Å². The highest BCUT2D eigenvalue weighted by molar-refractivity contribution is 5.44. The minimum Gasteiger partial charge on any atom is -0.459 e. The zero-order valence-corrected chi connectivity index (χ0v) is 15.4. The predicted octanol–water partition coefficient (Wildman–Crippen LogP) is 4.56. The third-order valence-electron chi connectivity index (χ3n) is 4.98. The molecule has 142 valence electrons. The van der Waals surface area contributed by atoms with E-state index >= 15 is 0 Å². The van der Waals surface area contributed by atoms with Crippen LogP contribution < -0.4 is 0 Å². The molecular weight excluding hydrogens is 347 g/mol. The maximum absolute atomic E-state index is 13.3. The summed E-state index contributed by atoms with van der Waals surface area (Å²) in [5, 5.41) is 0. The molecule has 0 unspecified atom stereocenters. The fraction of sp³-hybridized carbons (Fsp3) is 0.381. The zero-order chi connectivity index (χ0) is 18.6. The summed E-state index contributed by atoms with van der Waals surface area (Å²) in [6, 6.07) is 10.7. The molecule has 1 aromatic carbocycles. The molecule has 1 aliphatic heterocycles. The summed E-state index contributed by atoms with van der Waals surface area (Å²) < 4.78 is 30.0. The van der Waals surface area contributed by atoms with Crippen LogP contribution in [0.1, 0.15) is 29.9 Å². The number of aryl methyl sites for hydroxylation is 1. The van der Waals surface area contributed by atoms with Crippen LogP contribution >= 0.6 is 0 Å². The molecule has 1 saturated heterocycles. The predicted molar refractivity (Wildman–Crippen MR) is 98.4 cm³/mol. The number of hydrogen-bond acceptors (Lipinski definition) is 5. The van der Waals surface area contributed by atoms with Gasteiger partial charge in [-0.25, -0.2) is 9.37 Å². The average molecular weight is 370 g/mol. The summed E-state index contributed by atoms with van der Waals surface area (Å²) in [6.07, 6.45) is 3.56. The maximum atomic E-state index is 13.3. The summed E-state index contributed by atoms with van der Waals surface area (Å²) in [4.78, 5) is 7.03. The molecule has 3 heterocycles. The molecule has 3 aromatic rings. The van der Waals surface area contributed by atoms with Gasteiger partial charge in [0.15, 0.2) is 5.76 Å². The lowest BCUT2D eigenvalue weighted by atomic mass is 10.1. The number of ether oxygens (including phenoxy) is 1. The minimum absolute atomic E-state index is 0.216. The van der Waals surface area contributed by atoms with Gasteiger partial charge in [0.25, 0.3) is 5.89 Å². The Labute approximate surface area is 157 Å². The van der Waals surface area contributed by atoms with Gasteiger partial charge in [-0.2, -0.15) is 0 Å². The van der Waals surface area contributed by atoms with Crippen LogP contribution in [0.15, 0.2) is 51.5 Å². The lowest BCUT2D eigenvalue weighted by molar-refractivity contribution is 0.0272. The lowest BCUT2D eigenvalue weighted by Gasteiger charge is -2.34. The van der Waals surface area contributed by atoms with E-state index in [2.05, 4.69) is 9.88 Å². The molecule has 1 fully saturated rings. The van der Waals surface area contributed by atoms with Gasteiger partial charge >= 0.3 is 0 Å². The van der Waals surface area contributed by atoms with Crippen molar-refractivity contribution >= 4 is 0 Å². The topological polar surface area (TPSA) is 51.6 Å². The molecule has 0 aliphatic carbocycles. The van der Waals surface area contributed by atoms with Gasteiger partial charge in [0.1, 0.15) is 11.6 Å². The summed E-state index contributed by atoms with van der Waals surface area (Å²) in [5.74, 6) is 1.70. The molecule has 0 radical (unpaired) electrons. The minimum atomic E-state index is -0.216. The van der Waals surface area contributed by atoms with Gasteiger partial charge in [0.2, 0.25) is 0 Å². The molecule has 0 atom stereocenters. The normalized spacial score (nSPS) is 15.5. The Morgan fingerprint density at radius 3 is 2.59 bits per heavy atom. The second-order valence-electron chi connectivity index (χ2n) is 6.87. The maximum Gasteiger partial charge on any atom is 0.263 e. The molecule has 4 rings (SSSR count). The van der Waals surface area contributed by atoms with Gasteiger partial charge in [-0.15, -0.1) is 0 Å². The molecule has 0 amide bonds. The Kier molecular flexibility index (Phi) is 5.36. The van der Waals surface area contributed by atoms with Crippen LogP contribution in [0, 0.1) is 12.7 Å². The highest BCUT2D eigenvalue weighted by Gasteiger charge is 2.24. The monoisotopic (exact) mass is 370 g/mol. The molecule has 0 bridgehead atoms. The third kappa shape index (κ3) is 4.28. The van der Waals surface area contributed by atoms with Crippen molar-refractivity contribution in [3.05, 3.63) is 65.5 Å². The fourth-order valence-electron chi connectivity index (χ4n) is 3.46. The van der Waals surface area contributed by atoms with Crippen molar-refractivity contribution in [2.75, 3.05) is 13.2 Å². The van der Waals surface area contributed by atoms with Crippen LogP contribution in [0.25, 0.3) is 11.7 Å². The Bertz CT molecular complexity index is 852. The van der Waals surface area contributed by atoms with Crippen molar-refractivity contribution in [1.82, 2.24) is 9.88 Å². The molecule has 0 spiro atoms. The molecule has 6 heteroatoms. The van der Waals surface area contributed by atoms with Gasteiger partial charge < -0.3 is 13.6 Å². The van der Waals surface area contributed by atoms with Gasteiger partial charge in [-0.1, -0.05) is 12.1 Å². The standard InChI is InChI=1S/C21H23FN2O3/c1-15-19(23-21(27-15)20-3-2-10-26-20)14-24(18-8-11-25-12-9-18)13-16-4-6-17(22)7-5-16/h2-7,10,18H,8-9,11-14H2,1H3. The quantitative estimate of drug-likeness (QED) is 0.636. The van der Waals surface area contributed by atoms with E-state index in [-0.39, 0.29) is 5.82 Å². The smallest absolute Gasteiger partial charge is 0.263 e. The van der Waals surface area contributed by atoms with Crippen LogP contribution in [0.3, 0.4) is 0 Å². The molecule has 0 N–H and O–H groups in total. The zero-order valence-electron chi connectivity index (χ0n) is 15.4. The van der Waals surface area contributed by atoms with Crippen molar-refractivity contribution in [3.63, 3.8) is 0 Å². The van der Waals surface area contributed by atoms with Crippen molar-refractivity contribution in [2.45, 2.75) is 38.9 Å². The first-order valence-corrected chi connectivity index (χ1v) is 9.25. The van der Waals surface area contributed by atoms with E-state index in [0.717, 1.165) is 49.6 Å². The molecule has 5 nitrogen and oxygen atoms in total. The van der Waals surface area contributed by atoms with E-state index in [1.807, 2.05) is 31.2 Å². The second-order valence-corrected chi connectivity index (χ2v) is 6.87. The third-order valence-corrected chi connectivity index (χ3v) is 4.98. The first kappa shape index (κ1) is 17.9. The van der Waals surface area contributed by atoms with Gasteiger partial charge in [0, 0.05) is 32.3 Å². The van der Waals surface area contributed by atoms with E-state index in [0.29, 0.717) is 24.2 Å². The number of aromatic nitrogens is 1. The van der Waals surface area contributed by atoms with E-state index in [4.69, 9.17) is 13.6 Å². The number of rotatable bonds is 6. The van der Waals surface area contributed by atoms with E-state index in [9.17, 15) is 4.39 Å². The van der Waals surface area contributed by atoms with E-state index in [1.54, 1.807) is 6.26 Å². The van der Waals surface area contributed by atoms with Crippen molar-refractivity contribution in [1.29, 1.82) is 0 Å². The van der Waals surface area contributed by atoms with Crippen molar-refractivity contribution < 1.29 is 18.0 Å². The highest BCUT2D eigenvalue weighted by atomic mass is 19.1. The highest BCUT2D eigenvalue weighted by Crippen LogP contribution is 2.25. The Morgan fingerprint density at radius 2 is 1.89 bits per heavy atom. The van der Waals surface area contributed by atoms with Crippen molar-refractivity contribution in [3.8, 4) is 11.7 Å². The second kappa shape index (κ2) is 8.06. The van der Waals surface area contributed by atoms with Gasteiger partial charge in [0.05, 0.1) is 12.0 Å². The number of halogens is 1. The molecular formula is C21H23FN2O3. The Morgan fingerprint density at radius 1 is 1.11 bits per heavy atom. The fourth-order valence-corrected chi connectivity index (χ4v) is 3.46. The number of nitrogens with zero attached hydrogens (tertiary/aromatic N) is 2. The van der Waals surface area contributed by atoms with Gasteiger partial charge in [-0.3, -0.25) is 4.90 Å². The number of hydrogen-bond donors (Lipinski definition) is 0. The molecule has 27 heavy (non-hydrogen) atoms. The summed E-state index contributed by atoms with van der Waals surface area (Å²) >= 11 is 0. The van der Waals surface area contributed by atoms with Crippen LogP contribution in [0.5, 0.6) is 0 Å². The largest absolute Gasteiger partial charge is 0.459 e. The van der Waals surface area contributed by atoms with Crippen molar-refractivity contribution in [2.24, 2.45) is 0 Å². The SMILES string of the molecule is Cc1oc(-c2ccco2)nc1CN(Cc1ccc(F)cc1)C1CCOCC1. The van der Waals surface area contributed by atoms with E-state index in [1.165, 1.54) is 12.1 Å². The molecule has 0 saturated carbocycles. The first-order chi connectivity index (χ1) is 13.2. The number of benzene rings is 1. The Hall–Kier alpha value is -2.44. The summed E-state index contributed by atoms with van der Waals surface area (Å²) in [6.45, 7) is 4.85. The molecule has 1 aliphatic rings. The van der Waals surface area contributed by atoms with E-state index < -0.39 is 0 Å².